The van der Waals surface area contributed by atoms with Gasteiger partial charge in [0.2, 0.25) is 0 Å². The summed E-state index contributed by atoms with van der Waals surface area (Å²) >= 11 is 0. The van der Waals surface area contributed by atoms with Crippen molar-refractivity contribution >= 4 is 17.3 Å². The Labute approximate surface area is 120 Å². The van der Waals surface area contributed by atoms with Gasteiger partial charge in [0.15, 0.2) is 17.3 Å². The fraction of sp³-hybridized carbons (Fsp3) is 0.143. The third-order valence-corrected chi connectivity index (χ3v) is 3.17. The van der Waals surface area contributed by atoms with Crippen molar-refractivity contribution in [2.45, 2.75) is 6.42 Å². The number of hydrogen-bond acceptors (Lipinski definition) is 5. The minimum atomic E-state index is -0.199. The van der Waals surface area contributed by atoms with Crippen LogP contribution in [0.5, 0.6) is 0 Å². The van der Waals surface area contributed by atoms with E-state index in [1.807, 2.05) is 10.5 Å². The number of nitrogens with zero attached hydrogens (tertiary/aromatic N) is 3. The zero-order chi connectivity index (χ0) is 14.7. The van der Waals surface area contributed by atoms with Crippen LogP contribution < -0.4 is 16.6 Å². The largest absolute Gasteiger partial charge is 0.367 e. The monoisotopic (exact) mass is 286 g/mol. The molecule has 0 saturated heterocycles. The van der Waals surface area contributed by atoms with Crippen LogP contribution >= 0.6 is 0 Å². The lowest BCUT2D eigenvalue weighted by molar-refractivity contribution is 0.610. The molecule has 0 bridgehead atoms. The fourth-order valence-corrected chi connectivity index (χ4v) is 2.14. The number of nitrogens with one attached hydrogen (secondary N) is 2. The number of halogens is 1. The maximum atomic E-state index is 13.6. The Bertz CT molecular complexity index is 754. The lowest BCUT2D eigenvalue weighted by atomic mass is 10.1. The van der Waals surface area contributed by atoms with E-state index in [1.165, 1.54) is 6.07 Å². The Morgan fingerprint density at radius 3 is 2.95 bits per heavy atom. The van der Waals surface area contributed by atoms with Crippen LogP contribution in [-0.2, 0) is 6.42 Å². The van der Waals surface area contributed by atoms with Gasteiger partial charge in [-0.15, -0.1) is 0 Å². The molecule has 21 heavy (non-hydrogen) atoms. The molecule has 0 radical (unpaired) electrons. The standard InChI is InChI=1S/C14H15FN6/c15-11-4-2-1-3-10(11)5-6-17-13-14-18-7-8-21(14)9-12(19-13)20-16/h1-4,7-9,20H,5-6,16H2,(H,17,19). The number of anilines is 2. The molecule has 0 aliphatic rings. The Morgan fingerprint density at radius 2 is 2.14 bits per heavy atom. The molecule has 108 valence electrons. The molecule has 0 unspecified atom stereocenters. The third-order valence-electron chi connectivity index (χ3n) is 3.17. The number of nitrogens with two attached hydrogens (primary N) is 1. The summed E-state index contributed by atoms with van der Waals surface area (Å²) in [5, 5.41) is 3.17. The van der Waals surface area contributed by atoms with Crippen molar-refractivity contribution in [2.24, 2.45) is 5.84 Å². The van der Waals surface area contributed by atoms with Crippen molar-refractivity contribution in [3.8, 4) is 0 Å². The molecule has 1 aromatic carbocycles. The molecule has 0 atom stereocenters. The molecule has 7 heteroatoms. The van der Waals surface area contributed by atoms with Gasteiger partial charge in [-0.05, 0) is 18.1 Å². The molecule has 0 aliphatic carbocycles. The maximum absolute atomic E-state index is 13.6. The zero-order valence-corrected chi connectivity index (χ0v) is 11.3. The summed E-state index contributed by atoms with van der Waals surface area (Å²) in [6, 6.07) is 6.73. The first kappa shape index (κ1) is 13.3. The number of hydrazine groups is 1. The molecule has 3 rings (SSSR count). The van der Waals surface area contributed by atoms with Crippen molar-refractivity contribution in [3.05, 3.63) is 54.2 Å². The summed E-state index contributed by atoms with van der Waals surface area (Å²) in [4.78, 5) is 8.55. The second kappa shape index (κ2) is 5.76. The minimum Gasteiger partial charge on any atom is -0.367 e. The van der Waals surface area contributed by atoms with Crippen molar-refractivity contribution in [3.63, 3.8) is 0 Å². The van der Waals surface area contributed by atoms with E-state index in [4.69, 9.17) is 5.84 Å². The van der Waals surface area contributed by atoms with Gasteiger partial charge in [0.25, 0.3) is 0 Å². The van der Waals surface area contributed by atoms with E-state index >= 15 is 0 Å². The third kappa shape index (κ3) is 2.77. The Morgan fingerprint density at radius 1 is 1.29 bits per heavy atom. The number of hydrogen-bond donors (Lipinski definition) is 3. The normalized spacial score (nSPS) is 10.8. The van der Waals surface area contributed by atoms with Gasteiger partial charge >= 0.3 is 0 Å². The molecular weight excluding hydrogens is 271 g/mol. The highest BCUT2D eigenvalue weighted by Crippen LogP contribution is 2.16. The molecule has 6 nitrogen and oxygen atoms in total. The van der Waals surface area contributed by atoms with Crippen molar-refractivity contribution < 1.29 is 4.39 Å². The summed E-state index contributed by atoms with van der Waals surface area (Å²) in [5.74, 6) is 6.32. The predicted molar refractivity (Wildman–Crippen MR) is 79.4 cm³/mol. The van der Waals surface area contributed by atoms with E-state index in [-0.39, 0.29) is 5.82 Å². The van der Waals surface area contributed by atoms with Gasteiger partial charge in [0.05, 0.1) is 6.20 Å². The number of rotatable bonds is 5. The quantitative estimate of drug-likeness (QED) is 0.492. The van der Waals surface area contributed by atoms with Crippen LogP contribution in [0.1, 0.15) is 5.56 Å². The average Bonchev–Trinajstić information content (AvgIpc) is 2.97. The lowest BCUT2D eigenvalue weighted by Crippen LogP contribution is -2.13. The first-order valence-electron chi connectivity index (χ1n) is 6.55. The minimum absolute atomic E-state index is 0.199. The maximum Gasteiger partial charge on any atom is 0.180 e. The highest BCUT2D eigenvalue weighted by Gasteiger charge is 2.07. The van der Waals surface area contributed by atoms with Gasteiger partial charge < -0.3 is 15.1 Å². The number of benzene rings is 1. The molecular formula is C14H15FN6. The Balaban J connectivity index is 1.76. The van der Waals surface area contributed by atoms with Gasteiger partial charge in [0.1, 0.15) is 5.82 Å². The molecule has 0 fully saturated rings. The first-order valence-corrected chi connectivity index (χ1v) is 6.55. The van der Waals surface area contributed by atoms with E-state index < -0.39 is 0 Å². The number of fused-ring (bicyclic) bond motifs is 1. The van der Waals surface area contributed by atoms with Crippen molar-refractivity contribution in [2.75, 3.05) is 17.3 Å². The van der Waals surface area contributed by atoms with E-state index in [0.29, 0.717) is 35.8 Å². The van der Waals surface area contributed by atoms with E-state index in [9.17, 15) is 4.39 Å². The molecule has 0 spiro atoms. The van der Waals surface area contributed by atoms with E-state index in [1.54, 1.807) is 30.7 Å². The van der Waals surface area contributed by atoms with Crippen LogP contribution in [0.4, 0.5) is 16.0 Å². The first-order chi connectivity index (χ1) is 10.3. The molecule has 0 amide bonds. The van der Waals surface area contributed by atoms with Gasteiger partial charge in [-0.1, -0.05) is 18.2 Å². The molecule has 4 N–H and O–H groups in total. The SMILES string of the molecule is NNc1cn2ccnc2c(NCCc2ccccc2F)n1. The smallest absolute Gasteiger partial charge is 0.180 e. The molecule has 3 aromatic rings. The fourth-order valence-electron chi connectivity index (χ4n) is 2.14. The summed E-state index contributed by atoms with van der Waals surface area (Å²) in [7, 11) is 0. The molecule has 0 saturated carbocycles. The van der Waals surface area contributed by atoms with Crippen LogP contribution in [0, 0.1) is 5.82 Å². The Hall–Kier alpha value is -2.67. The van der Waals surface area contributed by atoms with Crippen LogP contribution in [0.3, 0.4) is 0 Å². The summed E-state index contributed by atoms with van der Waals surface area (Å²) < 4.78 is 15.4. The van der Waals surface area contributed by atoms with Gasteiger partial charge in [-0.2, -0.15) is 0 Å². The van der Waals surface area contributed by atoms with Crippen LogP contribution in [0.2, 0.25) is 0 Å². The van der Waals surface area contributed by atoms with E-state index in [0.717, 1.165) is 0 Å². The summed E-state index contributed by atoms with van der Waals surface area (Å²) in [6.07, 6.45) is 5.78. The highest BCUT2D eigenvalue weighted by molar-refractivity contribution is 5.65. The van der Waals surface area contributed by atoms with Crippen molar-refractivity contribution in [1.82, 2.24) is 14.4 Å². The average molecular weight is 286 g/mol. The van der Waals surface area contributed by atoms with Crippen LogP contribution in [0.15, 0.2) is 42.9 Å². The molecule has 2 heterocycles. The number of imidazole rings is 1. The number of nitrogen functional groups attached to an aromatic ring is 1. The van der Waals surface area contributed by atoms with Gasteiger partial charge in [-0.3, -0.25) is 0 Å². The van der Waals surface area contributed by atoms with E-state index in [2.05, 4.69) is 20.7 Å². The van der Waals surface area contributed by atoms with Gasteiger partial charge in [0, 0.05) is 18.9 Å². The summed E-state index contributed by atoms with van der Waals surface area (Å²) in [5.41, 5.74) is 3.87. The zero-order valence-electron chi connectivity index (χ0n) is 11.3. The molecule has 2 aromatic heterocycles. The second-order valence-corrected chi connectivity index (χ2v) is 4.55. The highest BCUT2D eigenvalue weighted by atomic mass is 19.1. The Kier molecular flexibility index (Phi) is 3.65. The topological polar surface area (TPSA) is 80.3 Å². The van der Waals surface area contributed by atoms with Crippen LogP contribution in [0.25, 0.3) is 5.65 Å². The second-order valence-electron chi connectivity index (χ2n) is 4.55. The number of aromatic nitrogens is 3. The molecule has 0 aliphatic heterocycles. The summed E-state index contributed by atoms with van der Waals surface area (Å²) in [6.45, 7) is 0.546. The lowest BCUT2D eigenvalue weighted by Gasteiger charge is -2.09. The predicted octanol–water partition coefficient (Wildman–Crippen LogP) is 1.81. The van der Waals surface area contributed by atoms with Gasteiger partial charge in [-0.25, -0.2) is 20.2 Å². The van der Waals surface area contributed by atoms with Crippen LogP contribution in [-0.4, -0.2) is 20.9 Å². The van der Waals surface area contributed by atoms with Crippen molar-refractivity contribution in [1.29, 1.82) is 0 Å².